The van der Waals surface area contributed by atoms with Crippen molar-refractivity contribution in [1.29, 1.82) is 0 Å². The van der Waals surface area contributed by atoms with Crippen molar-refractivity contribution in [3.8, 4) is 0 Å². The molecule has 0 unspecified atom stereocenters. The smallest absolute Gasteiger partial charge is 0.228 e. The Hall–Kier alpha value is -1.97. The van der Waals surface area contributed by atoms with E-state index in [2.05, 4.69) is 4.98 Å². The maximum absolute atomic E-state index is 12.0. The van der Waals surface area contributed by atoms with Crippen molar-refractivity contribution >= 4 is 22.6 Å². The van der Waals surface area contributed by atoms with Crippen molar-refractivity contribution in [3.63, 3.8) is 0 Å². The molecule has 1 aromatic heterocycles. The number of aryl methyl sites for hydroxylation is 2. The molecule has 0 N–H and O–H groups in total. The summed E-state index contributed by atoms with van der Waals surface area (Å²) in [7, 11) is 1.93. The summed E-state index contributed by atoms with van der Waals surface area (Å²) in [5.74, 6) is 0.325. The zero-order chi connectivity index (χ0) is 14.2. The fourth-order valence-electron chi connectivity index (χ4n) is 2.09. The second kappa shape index (κ2) is 4.96. The molecule has 0 spiro atoms. The number of imidazole rings is 1. The zero-order valence-electron chi connectivity index (χ0n) is 11.7. The molecule has 2 aromatic rings. The summed E-state index contributed by atoms with van der Waals surface area (Å²) < 4.78 is 1.96. The molecule has 19 heavy (non-hydrogen) atoms. The molecule has 0 aliphatic heterocycles. The summed E-state index contributed by atoms with van der Waals surface area (Å²) in [5.41, 5.74) is 2.14. The molecular formula is C15H18N2O2. The van der Waals surface area contributed by atoms with E-state index in [1.807, 2.05) is 38.5 Å². The summed E-state index contributed by atoms with van der Waals surface area (Å²) in [5, 5.41) is 0. The Morgan fingerprint density at radius 2 is 2.00 bits per heavy atom. The third kappa shape index (κ3) is 2.57. The topological polar surface area (TPSA) is 52.0 Å². The summed E-state index contributed by atoms with van der Waals surface area (Å²) in [6, 6.07) is 5.23. The van der Waals surface area contributed by atoms with Gasteiger partial charge in [-0.25, -0.2) is 4.98 Å². The van der Waals surface area contributed by atoms with Crippen molar-refractivity contribution in [2.24, 2.45) is 13.0 Å². The Bertz CT molecular complexity index is 653. The van der Waals surface area contributed by atoms with Gasteiger partial charge in [0.15, 0.2) is 0 Å². The normalized spacial score (nSPS) is 11.2. The highest BCUT2D eigenvalue weighted by Crippen LogP contribution is 2.17. The summed E-state index contributed by atoms with van der Waals surface area (Å²) >= 11 is 0. The van der Waals surface area contributed by atoms with Crippen LogP contribution in [0.25, 0.3) is 11.0 Å². The molecular weight excluding hydrogens is 240 g/mol. The SMILES string of the molecule is Cc1nc2cc(C(=O)C(=O)CC(C)C)ccc2n1C. The number of fused-ring (bicyclic) bond motifs is 1. The first-order chi connectivity index (χ1) is 8.90. The van der Waals surface area contributed by atoms with Crippen LogP contribution in [0.3, 0.4) is 0 Å². The van der Waals surface area contributed by atoms with Gasteiger partial charge in [-0.2, -0.15) is 0 Å². The molecule has 2 rings (SSSR count). The van der Waals surface area contributed by atoms with Gasteiger partial charge in [0.25, 0.3) is 0 Å². The maximum atomic E-state index is 12.0. The van der Waals surface area contributed by atoms with Crippen LogP contribution in [0.15, 0.2) is 18.2 Å². The van der Waals surface area contributed by atoms with E-state index in [0.717, 1.165) is 16.9 Å². The van der Waals surface area contributed by atoms with Crippen LogP contribution in [0.2, 0.25) is 0 Å². The van der Waals surface area contributed by atoms with Crippen molar-refractivity contribution in [2.45, 2.75) is 27.2 Å². The number of nitrogens with zero attached hydrogens (tertiary/aromatic N) is 2. The molecule has 0 saturated heterocycles. The molecule has 1 heterocycles. The Kier molecular flexibility index (Phi) is 3.51. The zero-order valence-corrected chi connectivity index (χ0v) is 11.7. The number of Topliss-reactive ketones (excluding diaryl/α,β-unsaturated/α-hetero) is 2. The van der Waals surface area contributed by atoms with E-state index in [1.54, 1.807) is 12.1 Å². The van der Waals surface area contributed by atoms with Gasteiger partial charge in [-0.3, -0.25) is 9.59 Å². The number of carbonyl (C=O) groups is 2. The Morgan fingerprint density at radius 1 is 1.32 bits per heavy atom. The van der Waals surface area contributed by atoms with Gasteiger partial charge >= 0.3 is 0 Å². The van der Waals surface area contributed by atoms with E-state index in [-0.39, 0.29) is 18.1 Å². The number of rotatable bonds is 4. The molecule has 0 amide bonds. The van der Waals surface area contributed by atoms with Crippen molar-refractivity contribution in [3.05, 3.63) is 29.6 Å². The first kappa shape index (κ1) is 13.5. The predicted molar refractivity (Wildman–Crippen MR) is 74.2 cm³/mol. The average molecular weight is 258 g/mol. The van der Waals surface area contributed by atoms with Gasteiger partial charge in [0.1, 0.15) is 5.82 Å². The van der Waals surface area contributed by atoms with Crippen molar-refractivity contribution < 1.29 is 9.59 Å². The lowest BCUT2D eigenvalue weighted by molar-refractivity contribution is -0.115. The van der Waals surface area contributed by atoms with Gasteiger partial charge in [0.05, 0.1) is 11.0 Å². The van der Waals surface area contributed by atoms with Gasteiger partial charge in [-0.05, 0) is 31.0 Å². The van der Waals surface area contributed by atoms with Crippen LogP contribution >= 0.6 is 0 Å². The molecule has 100 valence electrons. The summed E-state index contributed by atoms with van der Waals surface area (Å²) in [6.45, 7) is 5.76. The average Bonchev–Trinajstić information content (AvgIpc) is 2.63. The lowest BCUT2D eigenvalue weighted by atomic mass is 10.00. The fourth-order valence-corrected chi connectivity index (χ4v) is 2.09. The van der Waals surface area contributed by atoms with E-state index < -0.39 is 5.78 Å². The number of hydrogen-bond acceptors (Lipinski definition) is 3. The number of hydrogen-bond donors (Lipinski definition) is 0. The standard InChI is InChI=1S/C15H18N2O2/c1-9(2)7-14(18)15(19)11-5-6-13-12(8-11)16-10(3)17(13)4/h5-6,8-9H,7H2,1-4H3. The Balaban J connectivity index is 2.36. The quantitative estimate of drug-likeness (QED) is 0.626. The number of aromatic nitrogens is 2. The Morgan fingerprint density at radius 3 is 2.63 bits per heavy atom. The summed E-state index contributed by atoms with van der Waals surface area (Å²) in [4.78, 5) is 28.2. The maximum Gasteiger partial charge on any atom is 0.228 e. The molecule has 0 radical (unpaired) electrons. The summed E-state index contributed by atoms with van der Waals surface area (Å²) in [6.07, 6.45) is 0.290. The monoisotopic (exact) mass is 258 g/mol. The van der Waals surface area contributed by atoms with Gasteiger partial charge < -0.3 is 4.57 Å². The molecule has 0 saturated carbocycles. The van der Waals surface area contributed by atoms with E-state index in [9.17, 15) is 9.59 Å². The van der Waals surface area contributed by atoms with E-state index in [0.29, 0.717) is 5.56 Å². The fraction of sp³-hybridized carbons (Fsp3) is 0.400. The van der Waals surface area contributed by atoms with E-state index in [4.69, 9.17) is 0 Å². The number of carbonyl (C=O) groups excluding carboxylic acids is 2. The highest BCUT2D eigenvalue weighted by molar-refractivity contribution is 6.43. The number of benzene rings is 1. The molecule has 0 bridgehead atoms. The molecule has 1 aromatic carbocycles. The molecule has 4 nitrogen and oxygen atoms in total. The number of ketones is 2. The van der Waals surface area contributed by atoms with Crippen molar-refractivity contribution in [1.82, 2.24) is 9.55 Å². The van der Waals surface area contributed by atoms with Crippen LogP contribution in [-0.2, 0) is 11.8 Å². The van der Waals surface area contributed by atoms with Crippen LogP contribution in [-0.4, -0.2) is 21.1 Å². The molecule has 0 aliphatic carbocycles. The molecule has 0 fully saturated rings. The minimum Gasteiger partial charge on any atom is -0.331 e. The van der Waals surface area contributed by atoms with Gasteiger partial charge in [0, 0.05) is 19.0 Å². The molecule has 0 atom stereocenters. The van der Waals surface area contributed by atoms with Crippen LogP contribution in [0.5, 0.6) is 0 Å². The highest BCUT2D eigenvalue weighted by atomic mass is 16.2. The van der Waals surface area contributed by atoms with E-state index >= 15 is 0 Å². The van der Waals surface area contributed by atoms with E-state index in [1.165, 1.54) is 0 Å². The minimum absolute atomic E-state index is 0.192. The van der Waals surface area contributed by atoms with Gasteiger partial charge in [0.2, 0.25) is 11.6 Å². The lowest BCUT2D eigenvalue weighted by Gasteiger charge is -2.03. The first-order valence-corrected chi connectivity index (χ1v) is 6.40. The highest BCUT2D eigenvalue weighted by Gasteiger charge is 2.18. The van der Waals surface area contributed by atoms with Crippen LogP contribution in [0, 0.1) is 12.8 Å². The van der Waals surface area contributed by atoms with Crippen LogP contribution in [0.1, 0.15) is 36.5 Å². The molecule has 0 aliphatic rings. The van der Waals surface area contributed by atoms with Gasteiger partial charge in [-0.15, -0.1) is 0 Å². The lowest BCUT2D eigenvalue weighted by Crippen LogP contribution is -2.16. The third-order valence-corrected chi connectivity index (χ3v) is 3.21. The molecule has 4 heteroatoms. The predicted octanol–water partition coefficient (Wildman–Crippen LogP) is 2.68. The van der Waals surface area contributed by atoms with Gasteiger partial charge in [-0.1, -0.05) is 13.8 Å². The van der Waals surface area contributed by atoms with Crippen LogP contribution in [0.4, 0.5) is 0 Å². The third-order valence-electron chi connectivity index (χ3n) is 3.21. The second-order valence-electron chi connectivity index (χ2n) is 5.27. The second-order valence-corrected chi connectivity index (χ2v) is 5.27. The minimum atomic E-state index is -0.418. The van der Waals surface area contributed by atoms with Crippen molar-refractivity contribution in [2.75, 3.05) is 0 Å². The Labute approximate surface area is 112 Å². The van der Waals surface area contributed by atoms with Crippen LogP contribution < -0.4 is 0 Å². The largest absolute Gasteiger partial charge is 0.331 e. The first-order valence-electron chi connectivity index (χ1n) is 6.40.